The number of nitrogens with zero attached hydrogens (tertiary/aromatic N) is 2. The average Bonchev–Trinajstić information content (AvgIpc) is 3.26. The molecule has 2 aliphatic heterocycles. The average molecular weight is 362 g/mol. The highest BCUT2D eigenvalue weighted by Crippen LogP contribution is 2.27. The Morgan fingerprint density at radius 2 is 2.08 bits per heavy atom. The van der Waals surface area contributed by atoms with Crippen molar-refractivity contribution in [1.82, 2.24) is 20.2 Å². The smallest absolute Gasteiger partial charge is 0.262 e. The molecule has 2 saturated heterocycles. The maximum absolute atomic E-state index is 12.8. The maximum atomic E-state index is 12.8. The van der Waals surface area contributed by atoms with E-state index in [1.807, 2.05) is 6.92 Å². The van der Waals surface area contributed by atoms with Gasteiger partial charge in [0.2, 0.25) is 0 Å². The summed E-state index contributed by atoms with van der Waals surface area (Å²) in [5.41, 5.74) is 0.511. The van der Waals surface area contributed by atoms with Crippen molar-refractivity contribution in [3.63, 3.8) is 0 Å². The normalized spacial score (nSPS) is 24.2. The van der Waals surface area contributed by atoms with Crippen molar-refractivity contribution in [2.24, 2.45) is 0 Å². The van der Waals surface area contributed by atoms with Crippen molar-refractivity contribution in [1.29, 1.82) is 0 Å². The minimum absolute atomic E-state index is 0.0109. The molecule has 0 aromatic carbocycles. The molecule has 7 nitrogen and oxygen atoms in total. The van der Waals surface area contributed by atoms with Gasteiger partial charge in [0, 0.05) is 0 Å². The molecular formula is C17H22N4O3S. The molecule has 2 aliphatic rings. The molecule has 2 atom stereocenters. The number of hydrogen-bond donors (Lipinski definition) is 2. The van der Waals surface area contributed by atoms with Crippen LogP contribution in [0.4, 0.5) is 0 Å². The predicted octanol–water partition coefficient (Wildman–Crippen LogP) is 1.19. The number of aromatic amines is 1. The van der Waals surface area contributed by atoms with E-state index in [1.54, 1.807) is 6.92 Å². The van der Waals surface area contributed by atoms with Crippen LogP contribution >= 0.6 is 11.3 Å². The van der Waals surface area contributed by atoms with E-state index in [0.29, 0.717) is 39.7 Å². The molecule has 4 heterocycles. The number of ether oxygens (including phenoxy) is 1. The molecule has 0 radical (unpaired) electrons. The third-order valence-corrected chi connectivity index (χ3v) is 6.29. The van der Waals surface area contributed by atoms with Crippen molar-refractivity contribution in [2.45, 2.75) is 38.8 Å². The molecule has 0 saturated carbocycles. The quantitative estimate of drug-likeness (QED) is 0.857. The van der Waals surface area contributed by atoms with E-state index < -0.39 is 0 Å². The second-order valence-electron chi connectivity index (χ2n) is 6.82. The van der Waals surface area contributed by atoms with Crippen LogP contribution in [-0.4, -0.2) is 59.2 Å². The van der Waals surface area contributed by atoms with Gasteiger partial charge in [-0.15, -0.1) is 11.3 Å². The highest BCUT2D eigenvalue weighted by atomic mass is 32.1. The number of aromatic nitrogens is 2. The van der Waals surface area contributed by atoms with Gasteiger partial charge >= 0.3 is 0 Å². The van der Waals surface area contributed by atoms with E-state index in [0.717, 1.165) is 13.1 Å². The first-order valence-electron chi connectivity index (χ1n) is 8.67. The van der Waals surface area contributed by atoms with Crippen molar-refractivity contribution >= 4 is 27.5 Å². The van der Waals surface area contributed by atoms with E-state index in [2.05, 4.69) is 20.2 Å². The third-order valence-electron chi connectivity index (χ3n) is 5.10. The number of H-pyrrole nitrogens is 1. The number of amides is 1. The van der Waals surface area contributed by atoms with E-state index in [-0.39, 0.29) is 23.6 Å². The van der Waals surface area contributed by atoms with Gasteiger partial charge in [-0.2, -0.15) is 0 Å². The Bertz CT molecular complexity index is 869. The van der Waals surface area contributed by atoms with Gasteiger partial charge in [0.15, 0.2) is 0 Å². The number of likely N-dealkylation sites (tertiary alicyclic amines) is 1. The first kappa shape index (κ1) is 16.7. The summed E-state index contributed by atoms with van der Waals surface area (Å²) >= 11 is 1.28. The van der Waals surface area contributed by atoms with Crippen LogP contribution in [-0.2, 0) is 4.74 Å². The van der Waals surface area contributed by atoms with Crippen LogP contribution in [0.1, 0.15) is 33.9 Å². The first-order valence-corrected chi connectivity index (χ1v) is 9.49. The summed E-state index contributed by atoms with van der Waals surface area (Å²) < 4.78 is 5.62. The Morgan fingerprint density at radius 3 is 2.84 bits per heavy atom. The van der Waals surface area contributed by atoms with Crippen LogP contribution in [0.3, 0.4) is 0 Å². The minimum Gasteiger partial charge on any atom is -0.378 e. The summed E-state index contributed by atoms with van der Waals surface area (Å²) in [4.78, 5) is 35.7. The molecule has 25 heavy (non-hydrogen) atoms. The highest BCUT2D eigenvalue weighted by molar-refractivity contribution is 7.20. The summed E-state index contributed by atoms with van der Waals surface area (Å²) in [5, 5.41) is 3.64. The van der Waals surface area contributed by atoms with Gasteiger partial charge in [-0.05, 0) is 45.3 Å². The summed E-state index contributed by atoms with van der Waals surface area (Å²) in [7, 11) is 0. The number of fused-ring (bicyclic) bond motifs is 1. The lowest BCUT2D eigenvalue weighted by Crippen LogP contribution is -2.50. The van der Waals surface area contributed by atoms with E-state index >= 15 is 0 Å². The fourth-order valence-corrected chi connectivity index (χ4v) is 4.95. The Labute approximate surface area is 149 Å². The standard InChI is InChI=1S/C17H22N4O3S/c1-9-13-15(22)18-10(2)19-17(13)25-14(9)16(23)20-11-7-24-8-12(11)21-5-3-4-6-21/h11-12H,3-8H2,1-2H3,(H,20,23)(H,18,19,22)/t11-,12-/m1/s1. The topological polar surface area (TPSA) is 87.3 Å². The van der Waals surface area contributed by atoms with E-state index in [1.165, 1.54) is 24.2 Å². The van der Waals surface area contributed by atoms with Crippen LogP contribution in [0, 0.1) is 13.8 Å². The molecular weight excluding hydrogens is 340 g/mol. The molecule has 0 aliphatic carbocycles. The number of thiophene rings is 1. The molecule has 1 amide bonds. The lowest BCUT2D eigenvalue weighted by molar-refractivity contribution is 0.0920. The summed E-state index contributed by atoms with van der Waals surface area (Å²) in [5.74, 6) is 0.418. The van der Waals surface area contributed by atoms with E-state index in [9.17, 15) is 9.59 Å². The number of hydrogen-bond acceptors (Lipinski definition) is 6. The van der Waals surface area contributed by atoms with Crippen molar-refractivity contribution in [3.05, 3.63) is 26.6 Å². The third kappa shape index (κ3) is 2.98. The molecule has 0 spiro atoms. The Hall–Kier alpha value is -1.77. The summed E-state index contributed by atoms with van der Waals surface area (Å²) in [6.45, 7) is 6.89. The lowest BCUT2D eigenvalue weighted by Gasteiger charge is -2.27. The fourth-order valence-electron chi connectivity index (χ4n) is 3.82. The van der Waals surface area contributed by atoms with Crippen molar-refractivity contribution in [3.8, 4) is 0 Å². The summed E-state index contributed by atoms with van der Waals surface area (Å²) in [6.07, 6.45) is 2.42. The molecule has 4 rings (SSSR count). The predicted molar refractivity (Wildman–Crippen MR) is 96.4 cm³/mol. The van der Waals surface area contributed by atoms with Gasteiger partial charge in [-0.3, -0.25) is 14.5 Å². The van der Waals surface area contributed by atoms with Gasteiger partial charge in [-0.25, -0.2) is 4.98 Å². The molecule has 8 heteroatoms. The van der Waals surface area contributed by atoms with Crippen LogP contribution in [0.25, 0.3) is 10.2 Å². The van der Waals surface area contributed by atoms with Crippen molar-refractivity contribution < 1.29 is 9.53 Å². The van der Waals surface area contributed by atoms with Crippen LogP contribution in [0.15, 0.2) is 4.79 Å². The lowest BCUT2D eigenvalue weighted by atomic mass is 10.1. The molecule has 2 N–H and O–H groups in total. The van der Waals surface area contributed by atoms with Gasteiger partial charge in [0.05, 0.1) is 35.6 Å². The zero-order valence-corrected chi connectivity index (χ0v) is 15.2. The number of rotatable bonds is 3. The van der Waals surface area contributed by atoms with Gasteiger partial charge in [-0.1, -0.05) is 0 Å². The zero-order valence-electron chi connectivity index (χ0n) is 14.4. The SMILES string of the molecule is Cc1nc2sc(C(=O)N[C@@H]3COC[C@H]3N3CCCC3)c(C)c2c(=O)[nH]1. The second-order valence-corrected chi connectivity index (χ2v) is 7.81. The van der Waals surface area contributed by atoms with Crippen LogP contribution < -0.4 is 10.9 Å². The number of carbonyl (C=O) groups excluding carboxylic acids is 1. The van der Waals surface area contributed by atoms with Crippen molar-refractivity contribution in [2.75, 3.05) is 26.3 Å². The first-order chi connectivity index (χ1) is 12.0. The van der Waals surface area contributed by atoms with Gasteiger partial charge < -0.3 is 15.0 Å². The summed E-state index contributed by atoms with van der Waals surface area (Å²) in [6, 6.07) is 0.230. The van der Waals surface area contributed by atoms with Gasteiger partial charge in [0.25, 0.3) is 11.5 Å². The fraction of sp³-hybridized carbons (Fsp3) is 0.588. The number of aryl methyl sites for hydroxylation is 2. The maximum Gasteiger partial charge on any atom is 0.262 e. The Kier molecular flexibility index (Phi) is 4.35. The molecule has 2 aromatic rings. The molecule has 134 valence electrons. The van der Waals surface area contributed by atoms with Crippen LogP contribution in [0.5, 0.6) is 0 Å². The molecule has 0 bridgehead atoms. The zero-order chi connectivity index (χ0) is 17.6. The second kappa shape index (κ2) is 6.51. The number of carbonyl (C=O) groups is 1. The minimum atomic E-state index is -0.186. The molecule has 2 aromatic heterocycles. The Morgan fingerprint density at radius 1 is 1.32 bits per heavy atom. The Balaban J connectivity index is 1.59. The highest BCUT2D eigenvalue weighted by Gasteiger charge is 2.36. The van der Waals surface area contributed by atoms with Crippen LogP contribution in [0.2, 0.25) is 0 Å². The number of nitrogens with one attached hydrogen (secondary N) is 2. The van der Waals surface area contributed by atoms with E-state index in [4.69, 9.17) is 4.74 Å². The molecule has 2 fully saturated rings. The monoisotopic (exact) mass is 362 g/mol. The molecule has 0 unspecified atom stereocenters. The largest absolute Gasteiger partial charge is 0.378 e. The van der Waals surface area contributed by atoms with Gasteiger partial charge in [0.1, 0.15) is 10.7 Å².